The molecule has 1 nitrogen and oxygen atoms in total. The first kappa shape index (κ1) is 12.8. The molecule has 0 aromatic heterocycles. The highest BCUT2D eigenvalue weighted by atomic mass is 35.5. The molecule has 0 bridgehead atoms. The van der Waals surface area contributed by atoms with E-state index in [1.54, 1.807) is 0 Å². The van der Waals surface area contributed by atoms with Gasteiger partial charge in [0.1, 0.15) is 0 Å². The number of halogens is 1. The van der Waals surface area contributed by atoms with Crippen molar-refractivity contribution >= 4 is 17.3 Å². The molecule has 0 amide bonds. The minimum absolute atomic E-state index is 0.558. The van der Waals surface area contributed by atoms with Crippen LogP contribution in [0.2, 0.25) is 5.02 Å². The lowest BCUT2D eigenvalue weighted by molar-refractivity contribution is 0.268. The van der Waals surface area contributed by atoms with Gasteiger partial charge in [-0.2, -0.15) is 0 Å². The maximum absolute atomic E-state index is 6.25. The number of anilines is 1. The van der Waals surface area contributed by atoms with Crippen molar-refractivity contribution in [3.8, 4) is 0 Å². The van der Waals surface area contributed by atoms with Crippen LogP contribution in [0.4, 0.5) is 5.69 Å². The van der Waals surface area contributed by atoms with E-state index in [0.29, 0.717) is 6.04 Å². The van der Waals surface area contributed by atoms with Crippen LogP contribution in [0.5, 0.6) is 0 Å². The monoisotopic (exact) mass is 251 g/mol. The second-order valence-electron chi connectivity index (χ2n) is 5.54. The fourth-order valence-corrected chi connectivity index (χ4v) is 3.07. The summed E-state index contributed by atoms with van der Waals surface area (Å²) in [6, 6.07) is 6.75. The number of aryl methyl sites for hydroxylation is 1. The Balaban J connectivity index is 2.16. The number of nitrogens with one attached hydrogen (secondary N) is 1. The molecule has 2 rings (SSSR count). The first-order valence-corrected chi connectivity index (χ1v) is 6.98. The highest BCUT2D eigenvalue weighted by Crippen LogP contribution is 2.33. The smallest absolute Gasteiger partial charge is 0.0637 e. The minimum Gasteiger partial charge on any atom is -0.381 e. The normalized spacial score (nSPS) is 29.1. The molecule has 2 heteroatoms. The van der Waals surface area contributed by atoms with Crippen LogP contribution < -0.4 is 5.32 Å². The molecule has 94 valence electrons. The summed E-state index contributed by atoms with van der Waals surface area (Å²) in [4.78, 5) is 0. The zero-order chi connectivity index (χ0) is 12.4. The Morgan fingerprint density at radius 3 is 2.47 bits per heavy atom. The molecular formula is C15H22ClN. The molecular weight excluding hydrogens is 230 g/mol. The number of rotatable bonds is 2. The summed E-state index contributed by atoms with van der Waals surface area (Å²) in [6.07, 6.45) is 4.01. The number of hydrogen-bond donors (Lipinski definition) is 1. The van der Waals surface area contributed by atoms with Crippen LogP contribution in [0.1, 0.15) is 38.7 Å². The van der Waals surface area contributed by atoms with Crippen molar-refractivity contribution in [2.75, 3.05) is 5.32 Å². The fraction of sp³-hybridized carbons (Fsp3) is 0.600. The summed E-state index contributed by atoms with van der Waals surface area (Å²) >= 11 is 6.25. The van der Waals surface area contributed by atoms with Gasteiger partial charge in [-0.15, -0.1) is 0 Å². The minimum atomic E-state index is 0.558. The molecule has 0 heterocycles. The van der Waals surface area contributed by atoms with Crippen LogP contribution >= 0.6 is 11.6 Å². The van der Waals surface area contributed by atoms with E-state index in [4.69, 9.17) is 11.6 Å². The highest BCUT2D eigenvalue weighted by molar-refractivity contribution is 6.33. The van der Waals surface area contributed by atoms with E-state index in [0.717, 1.165) is 22.5 Å². The molecule has 1 saturated carbocycles. The molecule has 0 spiro atoms. The van der Waals surface area contributed by atoms with Gasteiger partial charge < -0.3 is 5.32 Å². The van der Waals surface area contributed by atoms with Gasteiger partial charge in [0.15, 0.2) is 0 Å². The van der Waals surface area contributed by atoms with Gasteiger partial charge in [-0.1, -0.05) is 37.9 Å². The summed E-state index contributed by atoms with van der Waals surface area (Å²) in [7, 11) is 0. The summed E-state index contributed by atoms with van der Waals surface area (Å²) in [5.74, 6) is 1.46. The van der Waals surface area contributed by atoms with E-state index in [-0.39, 0.29) is 0 Å². The van der Waals surface area contributed by atoms with Gasteiger partial charge in [0, 0.05) is 6.04 Å². The SMILES string of the molecule is Cc1ccc(Cl)c(NC2C(C)CCCC2C)c1. The molecule has 1 aromatic rings. The van der Waals surface area contributed by atoms with Gasteiger partial charge >= 0.3 is 0 Å². The van der Waals surface area contributed by atoms with E-state index in [9.17, 15) is 0 Å². The second kappa shape index (κ2) is 5.30. The van der Waals surface area contributed by atoms with Crippen LogP contribution in [0.3, 0.4) is 0 Å². The van der Waals surface area contributed by atoms with Crippen molar-refractivity contribution in [1.82, 2.24) is 0 Å². The maximum Gasteiger partial charge on any atom is 0.0637 e. The average Bonchev–Trinajstić information content (AvgIpc) is 2.28. The molecule has 17 heavy (non-hydrogen) atoms. The Morgan fingerprint density at radius 1 is 1.18 bits per heavy atom. The van der Waals surface area contributed by atoms with Crippen molar-refractivity contribution in [2.45, 2.75) is 46.1 Å². The van der Waals surface area contributed by atoms with E-state index in [2.05, 4.69) is 38.2 Å². The number of hydrogen-bond acceptors (Lipinski definition) is 1. The highest BCUT2D eigenvalue weighted by Gasteiger charge is 2.27. The molecule has 1 aliphatic carbocycles. The molecule has 0 aliphatic heterocycles. The molecule has 2 unspecified atom stereocenters. The number of benzene rings is 1. The first-order chi connectivity index (χ1) is 8.08. The Labute approximate surface area is 110 Å². The third-order valence-corrected chi connectivity index (χ3v) is 4.32. The topological polar surface area (TPSA) is 12.0 Å². The van der Waals surface area contributed by atoms with Crippen LogP contribution in [0.15, 0.2) is 18.2 Å². The predicted octanol–water partition coefficient (Wildman–Crippen LogP) is 4.89. The summed E-state index contributed by atoms with van der Waals surface area (Å²) < 4.78 is 0. The fourth-order valence-electron chi connectivity index (χ4n) is 2.90. The molecule has 1 N–H and O–H groups in total. The van der Waals surface area contributed by atoms with E-state index >= 15 is 0 Å². The zero-order valence-corrected chi connectivity index (χ0v) is 11.7. The van der Waals surface area contributed by atoms with Gasteiger partial charge in [-0.25, -0.2) is 0 Å². The Morgan fingerprint density at radius 2 is 1.82 bits per heavy atom. The third-order valence-electron chi connectivity index (χ3n) is 3.99. The lowest BCUT2D eigenvalue weighted by atomic mass is 9.78. The van der Waals surface area contributed by atoms with Crippen LogP contribution in [0.25, 0.3) is 0 Å². The molecule has 0 radical (unpaired) electrons. The lowest BCUT2D eigenvalue weighted by Crippen LogP contribution is -2.37. The van der Waals surface area contributed by atoms with Crippen molar-refractivity contribution in [2.24, 2.45) is 11.8 Å². The molecule has 1 aromatic carbocycles. The summed E-state index contributed by atoms with van der Waals surface area (Å²) in [5, 5.41) is 4.49. The first-order valence-electron chi connectivity index (χ1n) is 6.60. The van der Waals surface area contributed by atoms with Crippen LogP contribution in [0, 0.1) is 18.8 Å². The van der Waals surface area contributed by atoms with E-state index in [1.807, 2.05) is 6.07 Å². The predicted molar refractivity (Wildman–Crippen MR) is 75.8 cm³/mol. The van der Waals surface area contributed by atoms with Crippen molar-refractivity contribution in [3.05, 3.63) is 28.8 Å². The zero-order valence-electron chi connectivity index (χ0n) is 11.0. The van der Waals surface area contributed by atoms with Crippen molar-refractivity contribution in [1.29, 1.82) is 0 Å². The summed E-state index contributed by atoms with van der Waals surface area (Å²) in [5.41, 5.74) is 2.35. The summed E-state index contributed by atoms with van der Waals surface area (Å²) in [6.45, 7) is 6.79. The van der Waals surface area contributed by atoms with Gasteiger partial charge in [0.25, 0.3) is 0 Å². The quantitative estimate of drug-likeness (QED) is 0.790. The van der Waals surface area contributed by atoms with Gasteiger partial charge in [-0.3, -0.25) is 0 Å². The standard InChI is InChI=1S/C15H22ClN/c1-10-7-8-13(16)14(9-10)17-15-11(2)5-4-6-12(15)3/h7-9,11-12,15,17H,4-6H2,1-3H3. The van der Waals surface area contributed by atoms with Gasteiger partial charge in [-0.05, 0) is 49.3 Å². The van der Waals surface area contributed by atoms with E-state index in [1.165, 1.54) is 24.8 Å². The molecule has 2 atom stereocenters. The molecule has 1 fully saturated rings. The Bertz CT molecular complexity index is 379. The van der Waals surface area contributed by atoms with E-state index < -0.39 is 0 Å². The Hall–Kier alpha value is -0.690. The molecule has 0 saturated heterocycles. The second-order valence-corrected chi connectivity index (χ2v) is 5.95. The third kappa shape index (κ3) is 2.95. The maximum atomic E-state index is 6.25. The lowest BCUT2D eigenvalue weighted by Gasteiger charge is -2.36. The van der Waals surface area contributed by atoms with Crippen LogP contribution in [-0.2, 0) is 0 Å². The van der Waals surface area contributed by atoms with Crippen molar-refractivity contribution < 1.29 is 0 Å². The van der Waals surface area contributed by atoms with Gasteiger partial charge in [0.05, 0.1) is 10.7 Å². The average molecular weight is 252 g/mol. The molecule has 1 aliphatic rings. The largest absolute Gasteiger partial charge is 0.381 e. The van der Waals surface area contributed by atoms with Crippen LogP contribution in [-0.4, -0.2) is 6.04 Å². The van der Waals surface area contributed by atoms with Crippen molar-refractivity contribution in [3.63, 3.8) is 0 Å². The Kier molecular flexibility index (Phi) is 3.98. The van der Waals surface area contributed by atoms with Gasteiger partial charge in [0.2, 0.25) is 0 Å².